The summed E-state index contributed by atoms with van der Waals surface area (Å²) in [6.07, 6.45) is 3.90. The monoisotopic (exact) mass is 548 g/mol. The van der Waals surface area contributed by atoms with Crippen LogP contribution in [0.1, 0.15) is 76.0 Å². The van der Waals surface area contributed by atoms with Gasteiger partial charge in [0.05, 0.1) is 18.8 Å². The molecule has 2 N–H and O–H groups in total. The number of ether oxygens (including phenoxy) is 3. The molecule has 3 aliphatic rings. The Morgan fingerprint density at radius 1 is 1.15 bits per heavy atom. The third kappa shape index (κ3) is 6.44. The van der Waals surface area contributed by atoms with E-state index in [4.69, 9.17) is 14.2 Å². The van der Waals surface area contributed by atoms with Crippen molar-refractivity contribution in [3.8, 4) is 0 Å². The average molecular weight is 549 g/mol. The van der Waals surface area contributed by atoms with Crippen LogP contribution in [0.5, 0.6) is 0 Å². The van der Waals surface area contributed by atoms with Gasteiger partial charge in [-0.1, -0.05) is 76.7 Å². The van der Waals surface area contributed by atoms with E-state index in [-0.39, 0.29) is 31.3 Å². The van der Waals surface area contributed by atoms with Crippen molar-refractivity contribution in [3.05, 3.63) is 77.9 Å². The van der Waals surface area contributed by atoms with Gasteiger partial charge in [-0.3, -0.25) is 10.2 Å². The van der Waals surface area contributed by atoms with Gasteiger partial charge in [0.15, 0.2) is 6.29 Å². The van der Waals surface area contributed by atoms with Gasteiger partial charge in [-0.15, -0.1) is 0 Å². The third-order valence-corrected chi connectivity index (χ3v) is 8.80. The number of carbonyl (C=O) groups is 1. The van der Waals surface area contributed by atoms with E-state index in [1.54, 1.807) is 0 Å². The van der Waals surface area contributed by atoms with Crippen molar-refractivity contribution < 1.29 is 24.1 Å². The van der Waals surface area contributed by atoms with Gasteiger partial charge in [0.2, 0.25) is 0 Å². The van der Waals surface area contributed by atoms with Crippen molar-refractivity contribution in [1.82, 2.24) is 4.90 Å². The van der Waals surface area contributed by atoms with Gasteiger partial charge in [-0.25, -0.2) is 4.79 Å². The second-order valence-corrected chi connectivity index (χ2v) is 13.1. The predicted molar refractivity (Wildman–Crippen MR) is 156 cm³/mol. The number of aliphatic hydroxyl groups is 1. The van der Waals surface area contributed by atoms with Gasteiger partial charge < -0.3 is 19.3 Å². The summed E-state index contributed by atoms with van der Waals surface area (Å²) in [5.41, 5.74) is 4.09. The molecule has 2 aromatic carbocycles. The lowest BCUT2D eigenvalue weighted by atomic mass is 9.65. The molecule has 6 atom stereocenters. The van der Waals surface area contributed by atoms with Gasteiger partial charge in [-0.05, 0) is 53.4 Å². The van der Waals surface area contributed by atoms with E-state index < -0.39 is 12.4 Å². The number of likely N-dealkylation sites (tertiary alicyclic amines) is 1. The molecule has 1 amide bonds. The van der Waals surface area contributed by atoms with Crippen LogP contribution >= 0.6 is 0 Å². The normalized spacial score (nSPS) is 31.5. The van der Waals surface area contributed by atoms with Crippen molar-refractivity contribution >= 4 is 11.8 Å². The quantitative estimate of drug-likeness (QED) is 0.362. The van der Waals surface area contributed by atoms with Crippen LogP contribution in [0.4, 0.5) is 10.5 Å². The molecular formula is C33H44N2O5. The fraction of sp³-hybridized carbons (Fsp3) is 0.545. The van der Waals surface area contributed by atoms with Crippen LogP contribution in [0.15, 0.2) is 61.2 Å². The number of anilines is 1. The number of fused-ring (bicyclic) bond motifs is 2. The zero-order valence-electron chi connectivity index (χ0n) is 24.3. The van der Waals surface area contributed by atoms with E-state index in [0.29, 0.717) is 22.6 Å². The maximum absolute atomic E-state index is 12.1. The molecule has 2 aliphatic heterocycles. The molecule has 216 valence electrons. The Morgan fingerprint density at radius 3 is 2.65 bits per heavy atom. The predicted octanol–water partition coefficient (Wildman–Crippen LogP) is 6.61. The van der Waals surface area contributed by atoms with Crippen LogP contribution in [0.2, 0.25) is 0 Å². The molecule has 2 saturated heterocycles. The largest absolute Gasteiger partial charge is 0.445 e. The fourth-order valence-corrected chi connectivity index (χ4v) is 7.40. The van der Waals surface area contributed by atoms with Crippen LogP contribution in [0, 0.1) is 16.7 Å². The standard InChI is InChI=1S/C33H44N2O5/c1-6-14-38-31(37)34-26-9-7-8-25(15-26)30-39-28(18-35-21-33(5)17-27(35)16-32(3,4)20-33)22(2)29(40-30)24-12-10-23(19-36)11-13-24/h6-13,15,22,27-30,36H,1,14,16-21H2,2-5H3,(H,34,37)/t22-,27?,28+,29+,30+,33?/m0/s1. The molecule has 7 nitrogen and oxygen atoms in total. The van der Waals surface area contributed by atoms with E-state index >= 15 is 0 Å². The van der Waals surface area contributed by atoms with E-state index in [9.17, 15) is 9.90 Å². The first-order chi connectivity index (χ1) is 19.1. The summed E-state index contributed by atoms with van der Waals surface area (Å²) in [7, 11) is 0. The molecule has 2 unspecified atom stereocenters. The van der Waals surface area contributed by atoms with Crippen molar-refractivity contribution in [1.29, 1.82) is 0 Å². The molecule has 2 bridgehead atoms. The molecule has 2 heterocycles. The van der Waals surface area contributed by atoms with Crippen molar-refractivity contribution in [3.63, 3.8) is 0 Å². The second kappa shape index (κ2) is 11.6. The summed E-state index contributed by atoms with van der Waals surface area (Å²) < 4.78 is 18.5. The number of carbonyl (C=O) groups excluding carboxylic acids is 1. The molecule has 0 spiro atoms. The lowest BCUT2D eigenvalue weighted by molar-refractivity contribution is -0.276. The Bertz CT molecular complexity index is 1200. The van der Waals surface area contributed by atoms with E-state index in [1.807, 2.05) is 48.5 Å². The first-order valence-corrected chi connectivity index (χ1v) is 14.5. The second-order valence-electron chi connectivity index (χ2n) is 13.1. The Morgan fingerprint density at radius 2 is 1.93 bits per heavy atom. The molecule has 2 aromatic rings. The first kappa shape index (κ1) is 28.8. The lowest BCUT2D eigenvalue weighted by Crippen LogP contribution is -2.46. The fourth-order valence-electron chi connectivity index (χ4n) is 7.40. The zero-order valence-corrected chi connectivity index (χ0v) is 24.3. The minimum absolute atomic E-state index is 0.0101. The molecule has 1 aliphatic carbocycles. The third-order valence-electron chi connectivity index (χ3n) is 8.80. The number of aliphatic hydroxyl groups excluding tert-OH is 1. The SMILES string of the molecule is C=CCOC(=O)Nc1cccc([C@@H]2O[C@H](CN3CC4(C)CC3CC(C)(C)C4)[C@H](C)[C@H](c3ccc(CO)cc3)O2)c1. The highest BCUT2D eigenvalue weighted by Gasteiger charge is 2.51. The molecule has 3 fully saturated rings. The maximum Gasteiger partial charge on any atom is 0.411 e. The molecule has 40 heavy (non-hydrogen) atoms. The smallest absolute Gasteiger partial charge is 0.411 e. The molecule has 0 aromatic heterocycles. The zero-order chi connectivity index (χ0) is 28.5. The Labute approximate surface area is 238 Å². The molecule has 0 radical (unpaired) electrons. The summed E-state index contributed by atoms with van der Waals surface area (Å²) in [5, 5.41) is 12.3. The van der Waals surface area contributed by atoms with Crippen LogP contribution < -0.4 is 5.32 Å². The number of hydrogen-bond acceptors (Lipinski definition) is 6. The minimum Gasteiger partial charge on any atom is -0.445 e. The Hall–Kier alpha value is -2.71. The van der Waals surface area contributed by atoms with Crippen molar-refractivity contribution in [2.24, 2.45) is 16.7 Å². The number of benzene rings is 2. The first-order valence-electron chi connectivity index (χ1n) is 14.5. The van der Waals surface area contributed by atoms with Gasteiger partial charge in [0, 0.05) is 36.3 Å². The number of rotatable bonds is 8. The summed E-state index contributed by atoms with van der Waals surface area (Å²) in [5.74, 6) is 0.118. The molecule has 7 heteroatoms. The van der Waals surface area contributed by atoms with E-state index in [2.05, 4.69) is 44.5 Å². The lowest BCUT2D eigenvalue weighted by Gasteiger charge is -2.43. The van der Waals surface area contributed by atoms with Crippen molar-refractivity contribution in [2.45, 2.75) is 78.1 Å². The van der Waals surface area contributed by atoms with E-state index in [0.717, 1.165) is 29.8 Å². The number of nitrogens with zero attached hydrogens (tertiary/aromatic N) is 1. The van der Waals surface area contributed by atoms with Crippen LogP contribution in [0.25, 0.3) is 0 Å². The van der Waals surface area contributed by atoms with Gasteiger partial charge >= 0.3 is 6.09 Å². The van der Waals surface area contributed by atoms with Crippen LogP contribution in [-0.2, 0) is 20.8 Å². The molecular weight excluding hydrogens is 504 g/mol. The maximum atomic E-state index is 12.1. The average Bonchev–Trinajstić information content (AvgIpc) is 3.16. The highest BCUT2D eigenvalue weighted by Crippen LogP contribution is 2.53. The summed E-state index contributed by atoms with van der Waals surface area (Å²) in [4.78, 5) is 14.8. The van der Waals surface area contributed by atoms with Crippen molar-refractivity contribution in [2.75, 3.05) is 25.0 Å². The topological polar surface area (TPSA) is 80.3 Å². The van der Waals surface area contributed by atoms with Gasteiger partial charge in [-0.2, -0.15) is 0 Å². The minimum atomic E-state index is -0.594. The highest BCUT2D eigenvalue weighted by molar-refractivity contribution is 5.84. The number of nitrogens with one attached hydrogen (secondary N) is 1. The van der Waals surface area contributed by atoms with E-state index in [1.165, 1.54) is 25.3 Å². The summed E-state index contributed by atoms with van der Waals surface area (Å²) in [6, 6.07) is 16.1. The Kier molecular flexibility index (Phi) is 8.39. The van der Waals surface area contributed by atoms with Crippen LogP contribution in [-0.4, -0.2) is 47.9 Å². The molecule has 1 saturated carbocycles. The summed E-state index contributed by atoms with van der Waals surface area (Å²) >= 11 is 0. The molecule has 5 rings (SSSR count). The highest BCUT2D eigenvalue weighted by atomic mass is 16.7. The Balaban J connectivity index is 1.39. The van der Waals surface area contributed by atoms with Gasteiger partial charge in [0.25, 0.3) is 0 Å². The van der Waals surface area contributed by atoms with Gasteiger partial charge in [0.1, 0.15) is 6.61 Å². The number of hydrogen-bond donors (Lipinski definition) is 2. The van der Waals surface area contributed by atoms with Crippen LogP contribution in [0.3, 0.4) is 0 Å². The number of amides is 1. The summed E-state index contributed by atoms with van der Waals surface area (Å²) in [6.45, 7) is 15.2.